The molecule has 0 aliphatic heterocycles. The number of fused-ring (bicyclic) bond motifs is 1. The molecule has 0 bridgehead atoms. The van der Waals surface area contributed by atoms with Crippen molar-refractivity contribution in [2.45, 2.75) is 56.6 Å². The van der Waals surface area contributed by atoms with Crippen LogP contribution in [-0.2, 0) is 17.6 Å². The molecule has 4 nitrogen and oxygen atoms in total. The summed E-state index contributed by atoms with van der Waals surface area (Å²) >= 11 is 0. The van der Waals surface area contributed by atoms with Gasteiger partial charge in [-0.3, -0.25) is 4.79 Å². The molecule has 0 saturated heterocycles. The molecule has 1 aromatic carbocycles. The number of amides is 1. The lowest BCUT2D eigenvalue weighted by Gasteiger charge is -2.38. The van der Waals surface area contributed by atoms with E-state index in [2.05, 4.69) is 23.5 Å². The van der Waals surface area contributed by atoms with Crippen LogP contribution in [0, 0.1) is 0 Å². The fourth-order valence-corrected chi connectivity index (χ4v) is 3.71. The Bertz CT molecular complexity index is 544. The van der Waals surface area contributed by atoms with Gasteiger partial charge in [-0.2, -0.15) is 0 Å². The number of aryl methyl sites for hydroxylation is 2. The van der Waals surface area contributed by atoms with Crippen molar-refractivity contribution in [2.75, 3.05) is 7.05 Å². The Morgan fingerprint density at radius 2 is 2.14 bits per heavy atom. The Labute approximate surface area is 126 Å². The summed E-state index contributed by atoms with van der Waals surface area (Å²) in [6.07, 6.45) is 7.01. The SMILES string of the molecule is CNC1(C(N)=O)CCCC(Oc2ccc3c(c2)CCC3)C1. The quantitative estimate of drug-likeness (QED) is 0.890. The fraction of sp³-hybridized carbons (Fsp3) is 0.588. The summed E-state index contributed by atoms with van der Waals surface area (Å²) in [4.78, 5) is 11.8. The predicted octanol–water partition coefficient (Wildman–Crippen LogP) is 1.94. The molecule has 0 radical (unpaired) electrons. The first kappa shape index (κ1) is 14.4. The molecule has 1 amide bonds. The standard InChI is InChI=1S/C17H24N2O2/c1-19-17(16(18)20)9-3-6-15(11-17)21-14-8-7-12-4-2-5-13(12)10-14/h7-8,10,15,19H,2-6,9,11H2,1H3,(H2,18,20). The van der Waals surface area contributed by atoms with Crippen LogP contribution in [0.2, 0.25) is 0 Å². The second kappa shape index (κ2) is 5.68. The fourth-order valence-electron chi connectivity index (χ4n) is 3.71. The minimum absolute atomic E-state index is 0.0538. The van der Waals surface area contributed by atoms with Gasteiger partial charge < -0.3 is 15.8 Å². The summed E-state index contributed by atoms with van der Waals surface area (Å²) in [6, 6.07) is 6.41. The van der Waals surface area contributed by atoms with E-state index in [1.165, 1.54) is 24.0 Å². The number of likely N-dealkylation sites (N-methyl/N-ethyl adjacent to an activating group) is 1. The van der Waals surface area contributed by atoms with Crippen molar-refractivity contribution in [3.05, 3.63) is 29.3 Å². The van der Waals surface area contributed by atoms with E-state index in [4.69, 9.17) is 10.5 Å². The van der Waals surface area contributed by atoms with Crippen molar-refractivity contribution in [1.29, 1.82) is 0 Å². The van der Waals surface area contributed by atoms with E-state index in [-0.39, 0.29) is 12.0 Å². The number of hydrogen-bond donors (Lipinski definition) is 2. The molecule has 0 heterocycles. The molecule has 3 rings (SSSR count). The van der Waals surface area contributed by atoms with Gasteiger partial charge in [-0.1, -0.05) is 6.07 Å². The van der Waals surface area contributed by atoms with Crippen LogP contribution in [0.4, 0.5) is 0 Å². The summed E-state index contributed by atoms with van der Waals surface area (Å²) in [5, 5.41) is 3.12. The van der Waals surface area contributed by atoms with Gasteiger partial charge in [0.1, 0.15) is 17.4 Å². The van der Waals surface area contributed by atoms with Gasteiger partial charge in [0.25, 0.3) is 0 Å². The number of carbonyl (C=O) groups excluding carboxylic acids is 1. The number of rotatable bonds is 4. The third-order valence-corrected chi connectivity index (χ3v) is 5.03. The van der Waals surface area contributed by atoms with Crippen LogP contribution >= 0.6 is 0 Å². The predicted molar refractivity (Wildman–Crippen MR) is 82.3 cm³/mol. The first-order valence-corrected chi connectivity index (χ1v) is 7.90. The molecular formula is C17H24N2O2. The Morgan fingerprint density at radius 1 is 1.33 bits per heavy atom. The molecule has 3 N–H and O–H groups in total. The van der Waals surface area contributed by atoms with E-state index in [1.807, 2.05) is 7.05 Å². The van der Waals surface area contributed by atoms with E-state index >= 15 is 0 Å². The number of nitrogens with two attached hydrogens (primary N) is 1. The summed E-state index contributed by atoms with van der Waals surface area (Å²) in [6.45, 7) is 0. The monoisotopic (exact) mass is 288 g/mol. The number of carbonyl (C=O) groups is 1. The third kappa shape index (κ3) is 2.77. The molecule has 4 heteroatoms. The van der Waals surface area contributed by atoms with Crippen LogP contribution in [0.1, 0.15) is 43.2 Å². The molecule has 2 aliphatic rings. The van der Waals surface area contributed by atoms with E-state index < -0.39 is 5.54 Å². The van der Waals surface area contributed by atoms with Gasteiger partial charge in [-0.05, 0) is 68.8 Å². The molecule has 2 atom stereocenters. The van der Waals surface area contributed by atoms with E-state index in [9.17, 15) is 4.79 Å². The van der Waals surface area contributed by atoms with Crippen LogP contribution in [0.25, 0.3) is 0 Å². The Morgan fingerprint density at radius 3 is 2.90 bits per heavy atom. The molecule has 21 heavy (non-hydrogen) atoms. The maximum Gasteiger partial charge on any atom is 0.237 e. The highest BCUT2D eigenvalue weighted by molar-refractivity contribution is 5.84. The van der Waals surface area contributed by atoms with Crippen LogP contribution in [0.15, 0.2) is 18.2 Å². The van der Waals surface area contributed by atoms with E-state index in [0.29, 0.717) is 6.42 Å². The smallest absolute Gasteiger partial charge is 0.237 e. The van der Waals surface area contributed by atoms with Gasteiger partial charge in [0, 0.05) is 6.42 Å². The maximum absolute atomic E-state index is 11.8. The zero-order chi connectivity index (χ0) is 14.9. The summed E-state index contributed by atoms with van der Waals surface area (Å²) in [5.41, 5.74) is 7.84. The third-order valence-electron chi connectivity index (χ3n) is 5.03. The van der Waals surface area contributed by atoms with Crippen LogP contribution in [-0.4, -0.2) is 24.6 Å². The number of ether oxygens (including phenoxy) is 1. The largest absolute Gasteiger partial charge is 0.490 e. The number of hydrogen-bond acceptors (Lipinski definition) is 3. The highest BCUT2D eigenvalue weighted by Gasteiger charge is 2.41. The molecule has 1 saturated carbocycles. The number of benzene rings is 1. The average molecular weight is 288 g/mol. The summed E-state index contributed by atoms with van der Waals surface area (Å²) < 4.78 is 6.14. The van der Waals surface area contributed by atoms with Crippen molar-refractivity contribution in [1.82, 2.24) is 5.32 Å². The first-order valence-electron chi connectivity index (χ1n) is 7.90. The average Bonchev–Trinajstić information content (AvgIpc) is 2.94. The van der Waals surface area contributed by atoms with Crippen LogP contribution in [0.5, 0.6) is 5.75 Å². The molecule has 0 spiro atoms. The Balaban J connectivity index is 1.71. The van der Waals surface area contributed by atoms with E-state index in [0.717, 1.165) is 31.4 Å². The van der Waals surface area contributed by atoms with Crippen molar-refractivity contribution in [3.63, 3.8) is 0 Å². The van der Waals surface area contributed by atoms with Gasteiger partial charge in [-0.25, -0.2) is 0 Å². The zero-order valence-electron chi connectivity index (χ0n) is 12.7. The minimum atomic E-state index is -0.611. The molecule has 114 valence electrons. The molecule has 0 aromatic heterocycles. The highest BCUT2D eigenvalue weighted by Crippen LogP contribution is 2.32. The van der Waals surface area contributed by atoms with Crippen molar-refractivity contribution in [2.24, 2.45) is 5.73 Å². The molecule has 2 unspecified atom stereocenters. The van der Waals surface area contributed by atoms with Gasteiger partial charge in [0.05, 0.1) is 0 Å². The van der Waals surface area contributed by atoms with Gasteiger partial charge >= 0.3 is 0 Å². The number of primary amides is 1. The van der Waals surface area contributed by atoms with E-state index in [1.54, 1.807) is 0 Å². The maximum atomic E-state index is 11.8. The van der Waals surface area contributed by atoms with Gasteiger partial charge in [-0.15, -0.1) is 0 Å². The number of nitrogens with one attached hydrogen (secondary N) is 1. The van der Waals surface area contributed by atoms with Crippen LogP contribution in [0.3, 0.4) is 0 Å². The lowest BCUT2D eigenvalue weighted by molar-refractivity contribution is -0.126. The highest BCUT2D eigenvalue weighted by atomic mass is 16.5. The second-order valence-electron chi connectivity index (χ2n) is 6.32. The topological polar surface area (TPSA) is 64.3 Å². The summed E-state index contributed by atoms with van der Waals surface area (Å²) in [7, 11) is 1.81. The normalized spacial score (nSPS) is 28.1. The lowest BCUT2D eigenvalue weighted by Crippen LogP contribution is -2.58. The van der Waals surface area contributed by atoms with Gasteiger partial charge in [0.2, 0.25) is 5.91 Å². The molecule has 1 fully saturated rings. The first-order chi connectivity index (χ1) is 10.1. The second-order valence-corrected chi connectivity index (χ2v) is 6.32. The van der Waals surface area contributed by atoms with Crippen molar-refractivity contribution >= 4 is 5.91 Å². The van der Waals surface area contributed by atoms with Crippen LogP contribution < -0.4 is 15.8 Å². The molecular weight excluding hydrogens is 264 g/mol. The molecule has 2 aliphatic carbocycles. The van der Waals surface area contributed by atoms with Crippen molar-refractivity contribution in [3.8, 4) is 5.75 Å². The van der Waals surface area contributed by atoms with Gasteiger partial charge in [0.15, 0.2) is 0 Å². The molecule has 1 aromatic rings. The van der Waals surface area contributed by atoms with Crippen molar-refractivity contribution < 1.29 is 9.53 Å². The Kier molecular flexibility index (Phi) is 3.89. The minimum Gasteiger partial charge on any atom is -0.490 e. The lowest BCUT2D eigenvalue weighted by atomic mass is 9.79. The Hall–Kier alpha value is -1.55. The zero-order valence-corrected chi connectivity index (χ0v) is 12.7. The summed E-state index contributed by atoms with van der Waals surface area (Å²) in [5.74, 6) is 0.657.